The molecular weight excluding hydrogens is 438 g/mol. The van der Waals surface area contributed by atoms with Gasteiger partial charge >= 0.3 is 0 Å². The van der Waals surface area contributed by atoms with Gasteiger partial charge in [0.2, 0.25) is 17.8 Å². The van der Waals surface area contributed by atoms with Crippen LogP contribution in [0.25, 0.3) is 5.57 Å². The van der Waals surface area contributed by atoms with Crippen molar-refractivity contribution in [3.63, 3.8) is 0 Å². The first-order valence-corrected chi connectivity index (χ1v) is 11.4. The normalized spacial score (nSPS) is 16.5. The summed E-state index contributed by atoms with van der Waals surface area (Å²) in [5.41, 5.74) is 2.83. The molecular formula is C23H26ClN9. The maximum Gasteiger partial charge on any atom is 0.235 e. The second-order valence-corrected chi connectivity index (χ2v) is 8.52. The van der Waals surface area contributed by atoms with Gasteiger partial charge in [0.25, 0.3) is 0 Å². The third kappa shape index (κ3) is 5.15. The minimum absolute atomic E-state index is 0.416. The Labute approximate surface area is 197 Å². The van der Waals surface area contributed by atoms with E-state index in [0.717, 1.165) is 56.0 Å². The van der Waals surface area contributed by atoms with Crippen LogP contribution in [-0.2, 0) is 0 Å². The second kappa shape index (κ2) is 9.60. The predicted molar refractivity (Wildman–Crippen MR) is 132 cm³/mol. The van der Waals surface area contributed by atoms with Crippen molar-refractivity contribution in [1.82, 2.24) is 30.0 Å². The van der Waals surface area contributed by atoms with E-state index in [1.165, 1.54) is 0 Å². The summed E-state index contributed by atoms with van der Waals surface area (Å²) in [6.07, 6.45) is 8.60. The summed E-state index contributed by atoms with van der Waals surface area (Å²) in [5.74, 6) is 2.09. The van der Waals surface area contributed by atoms with Crippen LogP contribution < -0.4 is 15.5 Å². The number of aromatic amines is 1. The van der Waals surface area contributed by atoms with Crippen LogP contribution in [0.15, 0.2) is 48.6 Å². The molecule has 1 aliphatic heterocycles. The zero-order valence-electron chi connectivity index (χ0n) is 18.4. The lowest BCUT2D eigenvalue weighted by Gasteiger charge is -2.32. The SMILES string of the molecule is CN1CCN(c2nc(Nc3cc(C4=CCCC=C4)[nH]n3)nc(Nc3ccccc3Cl)n2)CC1. The van der Waals surface area contributed by atoms with Crippen LogP contribution in [0, 0.1) is 0 Å². The van der Waals surface area contributed by atoms with E-state index in [9.17, 15) is 0 Å². The van der Waals surface area contributed by atoms with Gasteiger partial charge in [0.05, 0.1) is 16.4 Å². The molecule has 5 rings (SSSR count). The van der Waals surface area contributed by atoms with Gasteiger partial charge in [-0.1, -0.05) is 42.0 Å². The maximum absolute atomic E-state index is 6.33. The minimum Gasteiger partial charge on any atom is -0.338 e. The van der Waals surface area contributed by atoms with Gasteiger partial charge in [0, 0.05) is 32.2 Å². The summed E-state index contributed by atoms with van der Waals surface area (Å²) in [7, 11) is 2.12. The fourth-order valence-electron chi connectivity index (χ4n) is 3.77. The zero-order chi connectivity index (χ0) is 22.6. The second-order valence-electron chi connectivity index (χ2n) is 8.11. The lowest BCUT2D eigenvalue weighted by atomic mass is 10.0. The lowest BCUT2D eigenvalue weighted by Crippen LogP contribution is -2.45. The number of nitrogens with zero attached hydrogens (tertiary/aromatic N) is 6. The molecule has 3 heterocycles. The van der Waals surface area contributed by atoms with Gasteiger partial charge < -0.3 is 20.4 Å². The quantitative estimate of drug-likeness (QED) is 0.500. The van der Waals surface area contributed by atoms with E-state index in [4.69, 9.17) is 11.6 Å². The molecule has 1 aromatic carbocycles. The number of aromatic nitrogens is 5. The van der Waals surface area contributed by atoms with Crippen molar-refractivity contribution < 1.29 is 0 Å². The molecule has 1 aliphatic carbocycles. The Morgan fingerprint density at radius 1 is 0.970 bits per heavy atom. The van der Waals surface area contributed by atoms with Crippen molar-refractivity contribution >= 4 is 46.5 Å². The van der Waals surface area contributed by atoms with Crippen LogP contribution in [-0.4, -0.2) is 63.3 Å². The number of benzene rings is 1. The van der Waals surface area contributed by atoms with E-state index in [0.29, 0.717) is 28.7 Å². The summed E-state index contributed by atoms with van der Waals surface area (Å²) < 4.78 is 0. The van der Waals surface area contributed by atoms with E-state index in [1.807, 2.05) is 30.3 Å². The fourth-order valence-corrected chi connectivity index (χ4v) is 3.95. The van der Waals surface area contributed by atoms with Crippen molar-refractivity contribution in [3.05, 3.63) is 59.3 Å². The Kier molecular flexibility index (Phi) is 6.23. The molecule has 2 aromatic heterocycles. The van der Waals surface area contributed by atoms with E-state index in [2.05, 4.69) is 70.9 Å². The van der Waals surface area contributed by atoms with Crippen molar-refractivity contribution in [2.75, 3.05) is 48.8 Å². The first-order chi connectivity index (χ1) is 16.1. The molecule has 0 radical (unpaired) electrons. The summed E-state index contributed by atoms with van der Waals surface area (Å²) in [6, 6.07) is 9.47. The Morgan fingerprint density at radius 2 is 1.76 bits per heavy atom. The van der Waals surface area contributed by atoms with Crippen LogP contribution in [0.3, 0.4) is 0 Å². The molecule has 0 bridgehead atoms. The number of hydrogen-bond donors (Lipinski definition) is 3. The molecule has 170 valence electrons. The molecule has 1 fully saturated rings. The van der Waals surface area contributed by atoms with Gasteiger partial charge in [-0.2, -0.15) is 20.1 Å². The third-order valence-corrected chi connectivity index (χ3v) is 5.98. The van der Waals surface area contributed by atoms with Crippen LogP contribution >= 0.6 is 11.6 Å². The molecule has 0 unspecified atom stereocenters. The van der Waals surface area contributed by atoms with E-state index < -0.39 is 0 Å². The molecule has 10 heteroatoms. The van der Waals surface area contributed by atoms with Crippen LogP contribution in [0.2, 0.25) is 5.02 Å². The van der Waals surface area contributed by atoms with Crippen molar-refractivity contribution in [1.29, 1.82) is 0 Å². The molecule has 0 amide bonds. The average molecular weight is 464 g/mol. The first kappa shape index (κ1) is 21.4. The van der Waals surface area contributed by atoms with Crippen molar-refractivity contribution in [2.45, 2.75) is 12.8 Å². The highest BCUT2D eigenvalue weighted by Crippen LogP contribution is 2.26. The predicted octanol–water partition coefficient (Wildman–Crippen LogP) is 4.22. The number of allylic oxidation sites excluding steroid dienone is 4. The van der Waals surface area contributed by atoms with Gasteiger partial charge in [-0.3, -0.25) is 5.10 Å². The molecule has 1 saturated heterocycles. The molecule has 2 aliphatic rings. The van der Waals surface area contributed by atoms with Gasteiger partial charge in [0.15, 0.2) is 5.82 Å². The number of rotatable bonds is 6. The van der Waals surface area contributed by atoms with Crippen molar-refractivity contribution in [3.8, 4) is 0 Å². The third-order valence-electron chi connectivity index (χ3n) is 5.65. The fraction of sp³-hybridized carbons (Fsp3) is 0.304. The number of nitrogens with one attached hydrogen (secondary N) is 3. The number of para-hydroxylation sites is 1. The zero-order valence-corrected chi connectivity index (χ0v) is 19.2. The standard InChI is InChI=1S/C23H26ClN9/c1-32-11-13-33(14-12-32)23-28-21(25-18-10-6-5-9-17(18)24)27-22(29-23)26-20-15-19(30-31-20)16-7-3-2-4-8-16/h3,5-10,15H,2,4,11-14H2,1H3,(H3,25,26,27,28,29,30,31). The van der Waals surface area contributed by atoms with E-state index >= 15 is 0 Å². The Balaban J connectivity index is 1.42. The molecule has 0 atom stereocenters. The van der Waals surface area contributed by atoms with E-state index in [1.54, 1.807) is 0 Å². The van der Waals surface area contributed by atoms with Gasteiger partial charge in [0.1, 0.15) is 0 Å². The van der Waals surface area contributed by atoms with Gasteiger partial charge in [-0.15, -0.1) is 0 Å². The van der Waals surface area contributed by atoms with Gasteiger partial charge in [-0.05, 0) is 37.6 Å². The first-order valence-electron chi connectivity index (χ1n) is 11.0. The number of H-pyrrole nitrogens is 1. The smallest absolute Gasteiger partial charge is 0.235 e. The Bertz CT molecular complexity index is 1180. The molecule has 3 aromatic rings. The number of anilines is 5. The van der Waals surface area contributed by atoms with E-state index in [-0.39, 0.29) is 0 Å². The molecule has 33 heavy (non-hydrogen) atoms. The number of piperazine rings is 1. The summed E-state index contributed by atoms with van der Waals surface area (Å²) in [6.45, 7) is 3.59. The number of hydrogen-bond acceptors (Lipinski definition) is 8. The number of halogens is 1. The summed E-state index contributed by atoms with van der Waals surface area (Å²) >= 11 is 6.33. The molecule has 3 N–H and O–H groups in total. The van der Waals surface area contributed by atoms with Crippen LogP contribution in [0.1, 0.15) is 18.5 Å². The van der Waals surface area contributed by atoms with Gasteiger partial charge in [-0.25, -0.2) is 0 Å². The maximum atomic E-state index is 6.33. The summed E-state index contributed by atoms with van der Waals surface area (Å²) in [5, 5.41) is 14.5. The van der Waals surface area contributed by atoms with Crippen LogP contribution in [0.5, 0.6) is 0 Å². The highest BCUT2D eigenvalue weighted by molar-refractivity contribution is 6.33. The Hall–Kier alpha value is -3.43. The van der Waals surface area contributed by atoms with Crippen molar-refractivity contribution in [2.24, 2.45) is 0 Å². The number of likely N-dealkylation sites (N-methyl/N-ethyl adjacent to an activating group) is 1. The highest BCUT2D eigenvalue weighted by Gasteiger charge is 2.19. The average Bonchev–Trinajstić information content (AvgIpc) is 3.30. The monoisotopic (exact) mass is 463 g/mol. The minimum atomic E-state index is 0.416. The topological polar surface area (TPSA) is 97.9 Å². The molecule has 0 saturated carbocycles. The summed E-state index contributed by atoms with van der Waals surface area (Å²) in [4.78, 5) is 18.4. The largest absolute Gasteiger partial charge is 0.338 e. The van der Waals surface area contributed by atoms with Crippen LogP contribution in [0.4, 0.5) is 29.4 Å². The molecule has 0 spiro atoms. The molecule has 9 nitrogen and oxygen atoms in total. The lowest BCUT2D eigenvalue weighted by molar-refractivity contribution is 0.311. The Morgan fingerprint density at radius 3 is 2.52 bits per heavy atom. The highest BCUT2D eigenvalue weighted by atomic mass is 35.5.